The van der Waals surface area contributed by atoms with Crippen molar-refractivity contribution in [1.29, 1.82) is 0 Å². The standard InChI is InChI=1S/C36H29F2NO4S/c1-22-10-11-26(19-28(22)37)34(40)42-30-8-2-5-24-14-16-36(32(24)30)17-15-25-6-3-9-31(33(25)36)43-35(41)27-13-12-23(29(38)20-27)7-4-18-39-21-44/h2-3,5-6,8-13,19-20H,4,7,14-18H2,1H3/t36-/m1/s1. The number of fused-ring (bicyclic) bond motifs is 4. The van der Waals surface area contributed by atoms with Crippen molar-refractivity contribution in [3.05, 3.63) is 129 Å². The minimum Gasteiger partial charge on any atom is -0.423 e. The highest BCUT2D eigenvalue weighted by molar-refractivity contribution is 7.78. The van der Waals surface area contributed by atoms with E-state index in [9.17, 15) is 18.4 Å². The van der Waals surface area contributed by atoms with Crippen LogP contribution < -0.4 is 9.47 Å². The Bertz CT molecular complexity index is 1840. The predicted molar refractivity (Wildman–Crippen MR) is 166 cm³/mol. The van der Waals surface area contributed by atoms with Crippen molar-refractivity contribution in [3.8, 4) is 11.5 Å². The first-order valence-electron chi connectivity index (χ1n) is 14.6. The topological polar surface area (TPSA) is 65.0 Å². The number of esters is 2. The van der Waals surface area contributed by atoms with Gasteiger partial charge in [-0.15, -0.1) is 0 Å². The number of hydrogen-bond donors (Lipinski definition) is 0. The summed E-state index contributed by atoms with van der Waals surface area (Å²) >= 11 is 4.56. The highest BCUT2D eigenvalue weighted by Crippen LogP contribution is 2.57. The molecule has 0 radical (unpaired) electrons. The number of rotatable bonds is 8. The molecule has 222 valence electrons. The lowest BCUT2D eigenvalue weighted by molar-refractivity contribution is 0.0725. The van der Waals surface area contributed by atoms with Gasteiger partial charge in [-0.05, 0) is 116 Å². The fourth-order valence-electron chi connectivity index (χ4n) is 6.58. The van der Waals surface area contributed by atoms with Gasteiger partial charge in [-0.1, -0.05) is 36.4 Å². The minimum absolute atomic E-state index is 0.111. The first-order valence-corrected chi connectivity index (χ1v) is 15.0. The molecule has 0 unspecified atom stereocenters. The Morgan fingerprint density at radius 3 is 1.95 bits per heavy atom. The number of halogens is 2. The molecule has 2 aliphatic carbocycles. The van der Waals surface area contributed by atoms with Crippen molar-refractivity contribution < 1.29 is 27.8 Å². The third kappa shape index (κ3) is 5.47. The van der Waals surface area contributed by atoms with Gasteiger partial charge in [-0.3, -0.25) is 0 Å². The van der Waals surface area contributed by atoms with Gasteiger partial charge in [-0.2, -0.15) is 0 Å². The number of isothiocyanates is 1. The summed E-state index contributed by atoms with van der Waals surface area (Å²) in [6, 6.07) is 19.9. The fourth-order valence-corrected chi connectivity index (χ4v) is 6.67. The van der Waals surface area contributed by atoms with Crippen LogP contribution in [0.15, 0.2) is 77.8 Å². The molecule has 5 nitrogen and oxygen atoms in total. The van der Waals surface area contributed by atoms with Gasteiger partial charge in [-0.25, -0.2) is 23.4 Å². The number of aliphatic imine (C=N–C) groups is 1. The summed E-state index contributed by atoms with van der Waals surface area (Å²) in [6.07, 6.45) is 4.07. The van der Waals surface area contributed by atoms with E-state index in [1.807, 2.05) is 24.3 Å². The highest BCUT2D eigenvalue weighted by Gasteiger charge is 2.49. The van der Waals surface area contributed by atoms with Gasteiger partial charge in [0, 0.05) is 23.1 Å². The third-order valence-electron chi connectivity index (χ3n) is 8.71. The maximum Gasteiger partial charge on any atom is 0.343 e. The Morgan fingerprint density at radius 2 is 1.41 bits per heavy atom. The number of hydrogen-bond acceptors (Lipinski definition) is 6. The quantitative estimate of drug-likeness (QED) is 0.0668. The monoisotopic (exact) mass is 609 g/mol. The van der Waals surface area contributed by atoms with E-state index in [4.69, 9.17) is 9.47 Å². The lowest BCUT2D eigenvalue weighted by atomic mass is 9.76. The van der Waals surface area contributed by atoms with Gasteiger partial charge >= 0.3 is 11.9 Å². The van der Waals surface area contributed by atoms with E-state index in [0.29, 0.717) is 42.0 Å². The fraction of sp³-hybridized carbons (Fsp3) is 0.250. The Labute approximate surface area is 259 Å². The molecule has 0 heterocycles. The summed E-state index contributed by atoms with van der Waals surface area (Å²) in [5.41, 5.74) is 4.48. The van der Waals surface area contributed by atoms with E-state index in [1.54, 1.807) is 43.3 Å². The van der Waals surface area contributed by atoms with E-state index in [-0.39, 0.29) is 11.1 Å². The van der Waals surface area contributed by atoms with Gasteiger partial charge in [0.05, 0.1) is 16.3 Å². The van der Waals surface area contributed by atoms with E-state index in [1.165, 1.54) is 12.1 Å². The Hall–Kier alpha value is -4.52. The average molecular weight is 610 g/mol. The van der Waals surface area contributed by atoms with Crippen molar-refractivity contribution >= 4 is 29.3 Å². The van der Waals surface area contributed by atoms with Crippen LogP contribution in [0.4, 0.5) is 8.78 Å². The number of nitrogens with zero attached hydrogens (tertiary/aromatic N) is 1. The highest BCUT2D eigenvalue weighted by atomic mass is 32.1. The molecular weight excluding hydrogens is 580 g/mol. The molecule has 4 aromatic rings. The number of carbonyl (C=O) groups is 2. The summed E-state index contributed by atoms with van der Waals surface area (Å²) in [5.74, 6) is -1.44. The van der Waals surface area contributed by atoms with Crippen LogP contribution in [0.5, 0.6) is 11.5 Å². The smallest absolute Gasteiger partial charge is 0.343 e. The zero-order valence-electron chi connectivity index (χ0n) is 24.1. The lowest BCUT2D eigenvalue weighted by Gasteiger charge is -2.29. The summed E-state index contributed by atoms with van der Waals surface area (Å²) < 4.78 is 41.0. The van der Waals surface area contributed by atoms with Gasteiger partial charge in [0.1, 0.15) is 23.1 Å². The maximum atomic E-state index is 14.9. The van der Waals surface area contributed by atoms with Crippen LogP contribution in [0.3, 0.4) is 0 Å². The number of benzene rings is 4. The molecule has 0 fully saturated rings. The van der Waals surface area contributed by atoms with E-state index >= 15 is 0 Å². The molecule has 0 saturated heterocycles. The molecule has 0 aliphatic heterocycles. The van der Waals surface area contributed by atoms with Gasteiger partial charge in [0.2, 0.25) is 0 Å². The molecule has 44 heavy (non-hydrogen) atoms. The van der Waals surface area contributed by atoms with Crippen molar-refractivity contribution in [2.24, 2.45) is 4.99 Å². The molecule has 1 spiro atoms. The third-order valence-corrected chi connectivity index (χ3v) is 8.84. The molecule has 0 amide bonds. The molecule has 0 aromatic heterocycles. The molecule has 2 aliphatic rings. The van der Waals surface area contributed by atoms with Crippen LogP contribution in [0.2, 0.25) is 0 Å². The number of aryl methyl sites for hydroxylation is 4. The molecular formula is C36H29F2NO4S. The SMILES string of the molecule is Cc1ccc(C(=O)Oc2cccc3c2[C@@]2(CC3)CCc3cccc(OC(=O)c4ccc(CCCN=C=S)c(F)c4)c32)cc1F. The minimum atomic E-state index is -0.657. The van der Waals surface area contributed by atoms with E-state index in [2.05, 4.69) is 22.4 Å². The molecule has 0 N–H and O–H groups in total. The largest absolute Gasteiger partial charge is 0.423 e. The summed E-state index contributed by atoms with van der Waals surface area (Å²) in [4.78, 5) is 30.3. The van der Waals surface area contributed by atoms with E-state index < -0.39 is 29.0 Å². The van der Waals surface area contributed by atoms with Crippen LogP contribution in [0.1, 0.15) is 73.4 Å². The maximum absolute atomic E-state index is 14.9. The van der Waals surface area contributed by atoms with Crippen molar-refractivity contribution in [2.45, 2.75) is 50.9 Å². The van der Waals surface area contributed by atoms with Crippen molar-refractivity contribution in [2.75, 3.05) is 6.54 Å². The number of ether oxygens (including phenoxy) is 2. The zero-order valence-corrected chi connectivity index (χ0v) is 24.9. The Kier molecular flexibility index (Phi) is 8.21. The van der Waals surface area contributed by atoms with Crippen molar-refractivity contribution in [3.63, 3.8) is 0 Å². The van der Waals surface area contributed by atoms with Gasteiger partial charge in [0.15, 0.2) is 0 Å². The average Bonchev–Trinajstić information content (AvgIpc) is 3.59. The molecule has 6 rings (SSSR count). The predicted octanol–water partition coefficient (Wildman–Crippen LogP) is 7.93. The van der Waals surface area contributed by atoms with Crippen LogP contribution in [-0.2, 0) is 24.7 Å². The van der Waals surface area contributed by atoms with E-state index in [0.717, 1.165) is 47.9 Å². The summed E-state index contributed by atoms with van der Waals surface area (Å²) in [6.45, 7) is 2.09. The molecule has 8 heteroatoms. The zero-order chi connectivity index (χ0) is 30.8. The Morgan fingerprint density at radius 1 is 0.841 bits per heavy atom. The lowest BCUT2D eigenvalue weighted by Crippen LogP contribution is -2.24. The summed E-state index contributed by atoms with van der Waals surface area (Å²) in [5, 5.41) is 2.30. The Balaban J connectivity index is 1.30. The normalized spacial score (nSPS) is 16.2. The van der Waals surface area contributed by atoms with Gasteiger partial charge in [0.25, 0.3) is 0 Å². The van der Waals surface area contributed by atoms with Gasteiger partial charge < -0.3 is 9.47 Å². The second-order valence-electron chi connectivity index (χ2n) is 11.3. The number of carbonyl (C=O) groups excluding carboxylic acids is 2. The van der Waals surface area contributed by atoms with Crippen LogP contribution in [0.25, 0.3) is 0 Å². The second-order valence-corrected chi connectivity index (χ2v) is 11.5. The number of thiocarbonyl (C=S) groups is 1. The van der Waals surface area contributed by atoms with Crippen LogP contribution in [-0.4, -0.2) is 23.6 Å². The molecule has 1 atom stereocenters. The van der Waals surface area contributed by atoms with Crippen LogP contribution >= 0.6 is 12.2 Å². The molecule has 4 aromatic carbocycles. The second kappa shape index (κ2) is 12.2. The first kappa shape index (κ1) is 29.5. The van der Waals surface area contributed by atoms with Crippen LogP contribution in [0, 0.1) is 18.6 Å². The summed E-state index contributed by atoms with van der Waals surface area (Å²) in [7, 11) is 0. The first-order chi connectivity index (χ1) is 21.3. The molecule has 0 bridgehead atoms. The van der Waals surface area contributed by atoms with Crippen molar-refractivity contribution in [1.82, 2.24) is 0 Å². The molecule has 0 saturated carbocycles.